The van der Waals surface area contributed by atoms with Crippen molar-refractivity contribution < 1.29 is 19.4 Å². The van der Waals surface area contributed by atoms with E-state index in [1.54, 1.807) is 12.1 Å². The van der Waals surface area contributed by atoms with Crippen molar-refractivity contribution in [3.05, 3.63) is 29.8 Å². The largest absolute Gasteiger partial charge is 0.494 e. The molecule has 1 aromatic carbocycles. The molecule has 1 amide bonds. The lowest BCUT2D eigenvalue weighted by atomic mass is 10.1. The molecule has 2 saturated heterocycles. The summed E-state index contributed by atoms with van der Waals surface area (Å²) in [5.74, 6) is 0.803. The van der Waals surface area contributed by atoms with Crippen molar-refractivity contribution in [2.45, 2.75) is 31.5 Å². The summed E-state index contributed by atoms with van der Waals surface area (Å²) in [5.41, 5.74) is 0.642. The van der Waals surface area contributed by atoms with Crippen molar-refractivity contribution in [1.82, 2.24) is 15.1 Å². The fraction of sp³-hybridized carbons (Fsp3) is 0.619. The van der Waals surface area contributed by atoms with Gasteiger partial charge in [-0.3, -0.25) is 9.80 Å². The summed E-state index contributed by atoms with van der Waals surface area (Å²) in [5, 5.41) is 19.8. The Hall–Kier alpha value is -2.34. The normalized spacial score (nSPS) is 22.0. The topological polar surface area (TPSA) is 98.1 Å². The van der Waals surface area contributed by atoms with Crippen LogP contribution < -0.4 is 10.1 Å². The fourth-order valence-corrected chi connectivity index (χ4v) is 3.99. The van der Waals surface area contributed by atoms with Gasteiger partial charge in [-0.15, -0.1) is 0 Å². The highest BCUT2D eigenvalue weighted by molar-refractivity contribution is 5.64. The van der Waals surface area contributed by atoms with E-state index >= 15 is 0 Å². The van der Waals surface area contributed by atoms with Crippen LogP contribution in [0.2, 0.25) is 0 Å². The number of carbonyl (C=O) groups is 1. The second-order valence-electron chi connectivity index (χ2n) is 7.68. The molecule has 8 nitrogen and oxygen atoms in total. The zero-order chi connectivity index (χ0) is 20.5. The van der Waals surface area contributed by atoms with E-state index in [-0.39, 0.29) is 12.2 Å². The Labute approximate surface area is 172 Å². The highest BCUT2D eigenvalue weighted by Crippen LogP contribution is 2.20. The van der Waals surface area contributed by atoms with Crippen molar-refractivity contribution >= 4 is 6.09 Å². The second-order valence-corrected chi connectivity index (χ2v) is 7.68. The minimum absolute atomic E-state index is 0.249. The van der Waals surface area contributed by atoms with Crippen LogP contribution in [0, 0.1) is 11.3 Å². The number of amides is 1. The summed E-state index contributed by atoms with van der Waals surface area (Å²) < 4.78 is 11.9. The first kappa shape index (κ1) is 21.4. The molecule has 0 spiro atoms. The minimum atomic E-state index is -0.951. The van der Waals surface area contributed by atoms with Crippen LogP contribution in [0.25, 0.3) is 0 Å². The molecule has 2 aliphatic rings. The lowest BCUT2D eigenvalue weighted by Crippen LogP contribution is -2.59. The molecule has 2 N–H and O–H groups in total. The molecule has 158 valence electrons. The number of nitriles is 1. The van der Waals surface area contributed by atoms with Crippen molar-refractivity contribution in [1.29, 1.82) is 5.26 Å². The highest BCUT2D eigenvalue weighted by Gasteiger charge is 2.34. The zero-order valence-electron chi connectivity index (χ0n) is 16.8. The Morgan fingerprint density at radius 1 is 1.10 bits per heavy atom. The predicted molar refractivity (Wildman–Crippen MR) is 108 cm³/mol. The Bertz CT molecular complexity index is 677. The van der Waals surface area contributed by atoms with E-state index in [1.807, 2.05) is 12.1 Å². The van der Waals surface area contributed by atoms with Crippen LogP contribution in [0.15, 0.2) is 24.3 Å². The summed E-state index contributed by atoms with van der Waals surface area (Å²) in [6.45, 7) is 6.96. The van der Waals surface area contributed by atoms with Gasteiger partial charge in [0.15, 0.2) is 0 Å². The molecule has 2 atom stereocenters. The first-order valence-electron chi connectivity index (χ1n) is 10.3. The number of nitrogens with zero attached hydrogens (tertiary/aromatic N) is 3. The predicted octanol–water partition coefficient (Wildman–Crippen LogP) is 1.76. The molecule has 2 bridgehead atoms. The molecular formula is C21H30N4O4. The summed E-state index contributed by atoms with van der Waals surface area (Å²) >= 11 is 0. The van der Waals surface area contributed by atoms with E-state index in [0.717, 1.165) is 64.3 Å². The van der Waals surface area contributed by atoms with E-state index in [4.69, 9.17) is 19.8 Å². The van der Waals surface area contributed by atoms with E-state index in [2.05, 4.69) is 21.2 Å². The molecule has 2 aliphatic heterocycles. The average Bonchev–Trinajstić information content (AvgIpc) is 2.70. The van der Waals surface area contributed by atoms with Gasteiger partial charge in [-0.1, -0.05) is 0 Å². The first-order chi connectivity index (χ1) is 14.1. The van der Waals surface area contributed by atoms with Crippen LogP contribution >= 0.6 is 0 Å². The van der Waals surface area contributed by atoms with Crippen LogP contribution in [0.3, 0.4) is 0 Å². The number of carboxylic acid groups (broad SMARTS) is 1. The third-order valence-corrected chi connectivity index (χ3v) is 5.28. The van der Waals surface area contributed by atoms with Crippen LogP contribution in [0.5, 0.6) is 5.75 Å². The maximum Gasteiger partial charge on any atom is 0.404 e. The van der Waals surface area contributed by atoms with Gasteiger partial charge in [0.25, 0.3) is 0 Å². The fourth-order valence-electron chi connectivity index (χ4n) is 3.99. The third kappa shape index (κ3) is 7.20. The molecule has 1 aromatic rings. The number of fused-ring (bicyclic) bond motifs is 2. The Morgan fingerprint density at radius 2 is 1.72 bits per heavy atom. The van der Waals surface area contributed by atoms with Gasteiger partial charge in [0.05, 0.1) is 30.4 Å². The van der Waals surface area contributed by atoms with Crippen molar-refractivity contribution in [3.63, 3.8) is 0 Å². The van der Waals surface area contributed by atoms with Crippen molar-refractivity contribution in [3.8, 4) is 11.8 Å². The number of hydrogen-bond acceptors (Lipinski definition) is 6. The SMILES string of the molecule is N#Cc1ccc(OCCCN2CC3CN(CCCCNC(=O)O)CC(C2)O3)cc1. The molecule has 0 aliphatic carbocycles. The van der Waals surface area contributed by atoms with Crippen LogP contribution in [0.4, 0.5) is 4.79 Å². The smallest absolute Gasteiger partial charge is 0.404 e. The number of hydrogen-bond donors (Lipinski definition) is 2. The average molecular weight is 402 g/mol. The third-order valence-electron chi connectivity index (χ3n) is 5.28. The number of benzene rings is 1. The second kappa shape index (κ2) is 11.0. The molecule has 0 saturated carbocycles. The Kier molecular flexibility index (Phi) is 8.11. The maximum absolute atomic E-state index is 10.5. The summed E-state index contributed by atoms with van der Waals surface area (Å²) in [6, 6.07) is 9.32. The van der Waals surface area contributed by atoms with Crippen LogP contribution in [-0.2, 0) is 4.74 Å². The van der Waals surface area contributed by atoms with Crippen LogP contribution in [-0.4, -0.2) is 85.6 Å². The summed E-state index contributed by atoms with van der Waals surface area (Å²) in [4.78, 5) is 15.4. The molecule has 0 aromatic heterocycles. The highest BCUT2D eigenvalue weighted by atomic mass is 16.5. The quantitative estimate of drug-likeness (QED) is 0.576. The standard InChI is InChI=1S/C21H30N4O4/c22-12-17-4-6-18(7-5-17)28-11-3-10-25-15-19-13-24(14-20(16-25)29-19)9-2-1-8-23-21(26)27/h4-7,19-20,23H,1-3,8-11,13-16H2,(H,26,27). The number of unbranched alkanes of at least 4 members (excludes halogenated alkanes) is 1. The molecule has 29 heavy (non-hydrogen) atoms. The molecule has 2 unspecified atom stereocenters. The van der Waals surface area contributed by atoms with Gasteiger partial charge < -0.3 is 19.9 Å². The van der Waals surface area contributed by atoms with Gasteiger partial charge in [-0.25, -0.2) is 4.79 Å². The Balaban J connectivity index is 1.29. The van der Waals surface area contributed by atoms with Crippen molar-refractivity contribution in [2.75, 3.05) is 52.4 Å². The van der Waals surface area contributed by atoms with Gasteiger partial charge >= 0.3 is 6.09 Å². The van der Waals surface area contributed by atoms with Gasteiger partial charge in [-0.2, -0.15) is 5.26 Å². The van der Waals surface area contributed by atoms with Gasteiger partial charge in [-0.05, 0) is 50.1 Å². The minimum Gasteiger partial charge on any atom is -0.494 e. The lowest BCUT2D eigenvalue weighted by molar-refractivity contribution is -0.138. The van der Waals surface area contributed by atoms with E-state index in [9.17, 15) is 4.79 Å². The molecule has 3 rings (SSSR count). The van der Waals surface area contributed by atoms with Crippen molar-refractivity contribution in [2.24, 2.45) is 0 Å². The number of nitrogens with one attached hydrogen (secondary N) is 1. The monoisotopic (exact) mass is 402 g/mol. The molecular weight excluding hydrogens is 372 g/mol. The molecule has 0 radical (unpaired) electrons. The zero-order valence-corrected chi connectivity index (χ0v) is 16.8. The number of rotatable bonds is 10. The Morgan fingerprint density at radius 3 is 2.31 bits per heavy atom. The van der Waals surface area contributed by atoms with Gasteiger partial charge in [0.1, 0.15) is 5.75 Å². The molecule has 8 heteroatoms. The number of morpholine rings is 2. The molecule has 2 fully saturated rings. The van der Waals surface area contributed by atoms with Gasteiger partial charge in [0.2, 0.25) is 0 Å². The van der Waals surface area contributed by atoms with Gasteiger partial charge in [0, 0.05) is 39.3 Å². The van der Waals surface area contributed by atoms with E-state index in [1.165, 1.54) is 0 Å². The van der Waals surface area contributed by atoms with Crippen LogP contribution in [0.1, 0.15) is 24.8 Å². The lowest BCUT2D eigenvalue weighted by Gasteiger charge is -2.46. The summed E-state index contributed by atoms with van der Waals surface area (Å²) in [7, 11) is 0. The maximum atomic E-state index is 10.5. The molecule has 2 heterocycles. The van der Waals surface area contributed by atoms with E-state index in [0.29, 0.717) is 18.7 Å². The summed E-state index contributed by atoms with van der Waals surface area (Å²) in [6.07, 6.45) is 2.37. The van der Waals surface area contributed by atoms with E-state index < -0.39 is 6.09 Å². The first-order valence-corrected chi connectivity index (χ1v) is 10.3. The number of ether oxygens (including phenoxy) is 2.